The molecule has 6 heteroatoms. The van der Waals surface area contributed by atoms with Crippen LogP contribution in [0.5, 0.6) is 0 Å². The first kappa shape index (κ1) is 19.6. The lowest BCUT2D eigenvalue weighted by atomic mass is 9.96. The Morgan fingerprint density at radius 3 is 2.41 bits per heavy atom. The SMILES string of the molecule is CCc1ccc(NC(=O)c2cccc(S(=O)(=O)NC3CCCCC3)c2)cc1. The zero-order valence-corrected chi connectivity index (χ0v) is 16.4. The third-order valence-electron chi connectivity index (χ3n) is 4.95. The Labute approximate surface area is 161 Å². The molecule has 0 atom stereocenters. The maximum Gasteiger partial charge on any atom is 0.255 e. The molecule has 1 aliphatic carbocycles. The van der Waals surface area contributed by atoms with Crippen molar-refractivity contribution < 1.29 is 13.2 Å². The van der Waals surface area contributed by atoms with Crippen LogP contribution in [-0.2, 0) is 16.4 Å². The molecule has 2 aromatic rings. The van der Waals surface area contributed by atoms with Crippen LogP contribution in [0, 0.1) is 0 Å². The number of hydrogen-bond acceptors (Lipinski definition) is 3. The number of nitrogens with one attached hydrogen (secondary N) is 2. The summed E-state index contributed by atoms with van der Waals surface area (Å²) in [5.74, 6) is -0.325. The lowest BCUT2D eigenvalue weighted by Gasteiger charge is -2.22. The predicted molar refractivity (Wildman–Crippen MR) is 107 cm³/mol. The van der Waals surface area contributed by atoms with E-state index in [-0.39, 0.29) is 16.8 Å². The minimum atomic E-state index is -3.63. The molecule has 2 aromatic carbocycles. The molecular formula is C21H26N2O3S. The van der Waals surface area contributed by atoms with Gasteiger partial charge in [-0.2, -0.15) is 0 Å². The second-order valence-electron chi connectivity index (χ2n) is 6.99. The highest BCUT2D eigenvalue weighted by molar-refractivity contribution is 7.89. The van der Waals surface area contributed by atoms with E-state index in [2.05, 4.69) is 17.0 Å². The molecule has 1 fully saturated rings. The third kappa shape index (κ3) is 5.17. The topological polar surface area (TPSA) is 75.3 Å². The van der Waals surface area contributed by atoms with Crippen molar-refractivity contribution in [2.45, 2.75) is 56.4 Å². The van der Waals surface area contributed by atoms with Gasteiger partial charge in [0.1, 0.15) is 0 Å². The van der Waals surface area contributed by atoms with Crippen LogP contribution in [0.25, 0.3) is 0 Å². The Hall–Kier alpha value is -2.18. The number of hydrogen-bond donors (Lipinski definition) is 2. The van der Waals surface area contributed by atoms with Gasteiger partial charge in [-0.3, -0.25) is 4.79 Å². The standard InChI is InChI=1S/C21H26N2O3S/c1-2-16-11-13-18(14-12-16)22-21(24)17-7-6-10-20(15-17)27(25,26)23-19-8-4-3-5-9-19/h6-7,10-15,19,23H,2-5,8-9H2,1H3,(H,22,24). The molecule has 0 heterocycles. The summed E-state index contributed by atoms with van der Waals surface area (Å²) in [6, 6.07) is 13.8. The van der Waals surface area contributed by atoms with Gasteiger partial charge >= 0.3 is 0 Å². The smallest absolute Gasteiger partial charge is 0.255 e. The van der Waals surface area contributed by atoms with Crippen LogP contribution in [0.4, 0.5) is 5.69 Å². The minimum absolute atomic E-state index is 0.0155. The second-order valence-corrected chi connectivity index (χ2v) is 8.70. The van der Waals surface area contributed by atoms with Gasteiger partial charge in [0.25, 0.3) is 5.91 Å². The molecule has 0 radical (unpaired) electrons. The average molecular weight is 387 g/mol. The molecule has 27 heavy (non-hydrogen) atoms. The van der Waals surface area contributed by atoms with E-state index in [0.717, 1.165) is 38.5 Å². The molecule has 1 saturated carbocycles. The molecule has 1 aliphatic rings. The number of sulfonamides is 1. The van der Waals surface area contributed by atoms with Gasteiger partial charge < -0.3 is 5.32 Å². The lowest BCUT2D eigenvalue weighted by Crippen LogP contribution is -2.36. The van der Waals surface area contributed by atoms with Gasteiger partial charge in [0.2, 0.25) is 10.0 Å². The Balaban J connectivity index is 1.72. The van der Waals surface area contributed by atoms with Crippen LogP contribution in [0.2, 0.25) is 0 Å². The summed E-state index contributed by atoms with van der Waals surface area (Å²) >= 11 is 0. The normalized spacial score (nSPS) is 15.4. The van der Waals surface area contributed by atoms with Gasteiger partial charge in [0.15, 0.2) is 0 Å². The van der Waals surface area contributed by atoms with Crippen LogP contribution in [0.15, 0.2) is 53.4 Å². The summed E-state index contributed by atoms with van der Waals surface area (Å²) in [6.45, 7) is 2.07. The van der Waals surface area contributed by atoms with Gasteiger partial charge in [-0.25, -0.2) is 13.1 Å². The third-order valence-corrected chi connectivity index (χ3v) is 6.47. The van der Waals surface area contributed by atoms with Gasteiger partial charge in [-0.1, -0.05) is 44.4 Å². The zero-order valence-electron chi connectivity index (χ0n) is 15.6. The number of rotatable bonds is 6. The minimum Gasteiger partial charge on any atom is -0.322 e. The maximum atomic E-state index is 12.7. The molecule has 1 amide bonds. The number of amides is 1. The molecule has 0 aliphatic heterocycles. The van der Waals surface area contributed by atoms with Crippen molar-refractivity contribution in [2.24, 2.45) is 0 Å². The Bertz CT molecular complexity index is 886. The lowest BCUT2D eigenvalue weighted by molar-refractivity contribution is 0.102. The monoisotopic (exact) mass is 386 g/mol. The number of benzene rings is 2. The summed E-state index contributed by atoms with van der Waals surface area (Å²) in [6.07, 6.45) is 5.93. The van der Waals surface area contributed by atoms with Crippen molar-refractivity contribution in [3.05, 3.63) is 59.7 Å². The summed E-state index contributed by atoms with van der Waals surface area (Å²) in [4.78, 5) is 12.6. The van der Waals surface area contributed by atoms with Crippen LogP contribution in [0.1, 0.15) is 54.9 Å². The van der Waals surface area contributed by atoms with Crippen LogP contribution in [-0.4, -0.2) is 20.4 Å². The van der Waals surface area contributed by atoms with E-state index in [1.54, 1.807) is 12.1 Å². The van der Waals surface area contributed by atoms with Crippen molar-refractivity contribution in [1.29, 1.82) is 0 Å². The molecule has 0 saturated heterocycles. The molecule has 3 rings (SSSR count). The summed E-state index contributed by atoms with van der Waals surface area (Å²) in [7, 11) is -3.63. The summed E-state index contributed by atoms with van der Waals surface area (Å²) in [5, 5.41) is 2.82. The average Bonchev–Trinajstić information content (AvgIpc) is 2.69. The van der Waals surface area contributed by atoms with Crippen LogP contribution >= 0.6 is 0 Å². The molecular weight excluding hydrogens is 360 g/mol. The molecule has 0 unspecified atom stereocenters. The molecule has 0 bridgehead atoms. The van der Waals surface area contributed by atoms with Gasteiger partial charge in [-0.15, -0.1) is 0 Å². The quantitative estimate of drug-likeness (QED) is 0.784. The van der Waals surface area contributed by atoms with Gasteiger partial charge in [0, 0.05) is 17.3 Å². The molecule has 2 N–H and O–H groups in total. The van der Waals surface area contributed by atoms with Crippen molar-refractivity contribution in [3.8, 4) is 0 Å². The summed E-state index contributed by atoms with van der Waals surface area (Å²) < 4.78 is 28.1. The number of carbonyl (C=O) groups excluding carboxylic acids is 1. The van der Waals surface area contributed by atoms with Crippen molar-refractivity contribution in [1.82, 2.24) is 4.72 Å². The van der Waals surface area contributed by atoms with Crippen LogP contribution < -0.4 is 10.0 Å². The Morgan fingerprint density at radius 1 is 1.04 bits per heavy atom. The fraction of sp³-hybridized carbons (Fsp3) is 0.381. The molecule has 0 spiro atoms. The maximum absolute atomic E-state index is 12.7. The van der Waals surface area contributed by atoms with E-state index < -0.39 is 10.0 Å². The first-order chi connectivity index (χ1) is 13.0. The first-order valence-electron chi connectivity index (χ1n) is 9.50. The first-order valence-corrected chi connectivity index (χ1v) is 11.0. The predicted octanol–water partition coefficient (Wildman–Crippen LogP) is 4.11. The molecule has 5 nitrogen and oxygen atoms in total. The summed E-state index contributed by atoms with van der Waals surface area (Å²) in [5.41, 5.74) is 2.20. The molecule has 0 aromatic heterocycles. The number of aryl methyl sites for hydroxylation is 1. The fourth-order valence-electron chi connectivity index (χ4n) is 3.34. The van der Waals surface area contributed by atoms with Gasteiger partial charge in [-0.05, 0) is 55.2 Å². The van der Waals surface area contributed by atoms with Crippen LogP contribution in [0.3, 0.4) is 0 Å². The van der Waals surface area contributed by atoms with Crippen molar-refractivity contribution >= 4 is 21.6 Å². The second kappa shape index (κ2) is 8.67. The van der Waals surface area contributed by atoms with E-state index >= 15 is 0 Å². The number of carbonyl (C=O) groups is 1. The fourth-order valence-corrected chi connectivity index (χ4v) is 4.69. The highest BCUT2D eigenvalue weighted by Gasteiger charge is 2.22. The van der Waals surface area contributed by atoms with Crippen molar-refractivity contribution in [3.63, 3.8) is 0 Å². The van der Waals surface area contributed by atoms with E-state index in [4.69, 9.17) is 0 Å². The van der Waals surface area contributed by atoms with Crippen molar-refractivity contribution in [2.75, 3.05) is 5.32 Å². The Morgan fingerprint density at radius 2 is 1.74 bits per heavy atom. The highest BCUT2D eigenvalue weighted by Crippen LogP contribution is 2.21. The Kier molecular flexibility index (Phi) is 6.29. The van der Waals surface area contributed by atoms with E-state index in [9.17, 15) is 13.2 Å². The largest absolute Gasteiger partial charge is 0.322 e. The highest BCUT2D eigenvalue weighted by atomic mass is 32.2. The van der Waals surface area contributed by atoms with Gasteiger partial charge in [0.05, 0.1) is 4.90 Å². The van der Waals surface area contributed by atoms with E-state index in [1.165, 1.54) is 17.7 Å². The van der Waals surface area contributed by atoms with E-state index in [1.807, 2.05) is 24.3 Å². The zero-order chi connectivity index (χ0) is 19.3. The molecule has 144 valence electrons. The number of anilines is 1. The van der Waals surface area contributed by atoms with E-state index in [0.29, 0.717) is 11.3 Å².